The Labute approximate surface area is 133 Å². The summed E-state index contributed by atoms with van der Waals surface area (Å²) in [5, 5.41) is 8.88. The molecule has 0 bridgehead atoms. The Morgan fingerprint density at radius 2 is 1.86 bits per heavy atom. The molecule has 122 valence electrons. The lowest BCUT2D eigenvalue weighted by molar-refractivity contribution is 0.0696. The molecule has 0 unspecified atom stereocenters. The molecule has 1 aliphatic carbocycles. The van der Waals surface area contributed by atoms with Crippen LogP contribution in [-0.4, -0.2) is 41.2 Å². The maximum atomic E-state index is 10.8. The lowest BCUT2D eigenvalue weighted by Gasteiger charge is -2.37. The third-order valence-electron chi connectivity index (χ3n) is 4.43. The van der Waals surface area contributed by atoms with Crippen molar-refractivity contribution in [3.8, 4) is 5.75 Å². The van der Waals surface area contributed by atoms with Crippen LogP contribution in [0.2, 0.25) is 0 Å². The fourth-order valence-electron chi connectivity index (χ4n) is 3.24. The monoisotopic (exact) mass is 305 g/mol. The van der Waals surface area contributed by atoms with E-state index in [2.05, 4.69) is 18.7 Å². The van der Waals surface area contributed by atoms with Crippen LogP contribution >= 0.6 is 0 Å². The van der Waals surface area contributed by atoms with Crippen LogP contribution in [0.5, 0.6) is 5.75 Å². The summed E-state index contributed by atoms with van der Waals surface area (Å²) < 4.78 is 5.78. The van der Waals surface area contributed by atoms with Crippen LogP contribution in [-0.2, 0) is 0 Å². The highest BCUT2D eigenvalue weighted by Crippen LogP contribution is 2.24. The Morgan fingerprint density at radius 1 is 1.23 bits per heavy atom. The summed E-state index contributed by atoms with van der Waals surface area (Å²) in [7, 11) is 0. The minimum Gasteiger partial charge on any atom is -0.492 e. The number of benzene rings is 1. The highest BCUT2D eigenvalue weighted by atomic mass is 16.5. The van der Waals surface area contributed by atoms with E-state index in [0.29, 0.717) is 24.3 Å². The maximum Gasteiger partial charge on any atom is 0.335 e. The number of carbonyl (C=O) groups is 1. The van der Waals surface area contributed by atoms with Crippen LogP contribution in [0.15, 0.2) is 24.3 Å². The molecule has 0 aliphatic heterocycles. The number of hydrogen-bond acceptors (Lipinski definition) is 3. The number of rotatable bonds is 7. The van der Waals surface area contributed by atoms with Crippen molar-refractivity contribution in [2.75, 3.05) is 13.2 Å². The number of hydrogen-bond donors (Lipinski definition) is 1. The van der Waals surface area contributed by atoms with Crippen molar-refractivity contribution in [2.24, 2.45) is 0 Å². The van der Waals surface area contributed by atoms with Gasteiger partial charge in [-0.1, -0.05) is 19.3 Å². The molecule has 1 aromatic rings. The van der Waals surface area contributed by atoms with Gasteiger partial charge >= 0.3 is 5.97 Å². The molecular weight excluding hydrogens is 278 g/mol. The van der Waals surface area contributed by atoms with E-state index in [-0.39, 0.29) is 0 Å². The van der Waals surface area contributed by atoms with Gasteiger partial charge in [0.25, 0.3) is 0 Å². The molecular formula is C18H27NO3. The van der Waals surface area contributed by atoms with Crippen molar-refractivity contribution in [3.63, 3.8) is 0 Å². The third-order valence-corrected chi connectivity index (χ3v) is 4.43. The smallest absolute Gasteiger partial charge is 0.335 e. The van der Waals surface area contributed by atoms with E-state index in [1.165, 1.54) is 32.1 Å². The molecule has 1 N–H and O–H groups in total. The van der Waals surface area contributed by atoms with Gasteiger partial charge in [0.2, 0.25) is 0 Å². The quantitative estimate of drug-likeness (QED) is 0.832. The lowest BCUT2D eigenvalue weighted by Crippen LogP contribution is -2.43. The number of aromatic carboxylic acids is 1. The third kappa shape index (κ3) is 4.73. The van der Waals surface area contributed by atoms with Gasteiger partial charge in [0.1, 0.15) is 12.4 Å². The summed E-state index contributed by atoms with van der Waals surface area (Å²) in [5.74, 6) is -0.174. The van der Waals surface area contributed by atoms with Crippen molar-refractivity contribution < 1.29 is 14.6 Å². The van der Waals surface area contributed by atoms with E-state index in [1.807, 2.05) is 0 Å². The molecule has 1 fully saturated rings. The summed E-state index contributed by atoms with van der Waals surface area (Å²) in [6.45, 7) is 6.05. The van der Waals surface area contributed by atoms with Gasteiger partial charge in [-0.3, -0.25) is 4.90 Å². The number of carboxylic acids is 1. The van der Waals surface area contributed by atoms with Crippen LogP contribution < -0.4 is 4.74 Å². The lowest BCUT2D eigenvalue weighted by atomic mass is 9.93. The van der Waals surface area contributed by atoms with Crippen molar-refractivity contribution in [3.05, 3.63) is 29.8 Å². The van der Waals surface area contributed by atoms with Crippen molar-refractivity contribution in [1.82, 2.24) is 4.90 Å². The molecule has 0 amide bonds. The first-order valence-electron chi connectivity index (χ1n) is 8.30. The molecule has 22 heavy (non-hydrogen) atoms. The van der Waals surface area contributed by atoms with E-state index >= 15 is 0 Å². The fourth-order valence-corrected chi connectivity index (χ4v) is 3.24. The zero-order chi connectivity index (χ0) is 15.9. The average molecular weight is 305 g/mol. The standard InChI is InChI=1S/C18H27NO3/c1-14(2)19(16-6-4-3-5-7-16)12-13-22-17-10-8-15(9-11-17)18(20)21/h8-11,14,16H,3-7,12-13H2,1-2H3,(H,20,21). The fraction of sp³-hybridized carbons (Fsp3) is 0.611. The molecule has 1 aromatic carbocycles. The van der Waals surface area contributed by atoms with Gasteiger partial charge in [-0.15, -0.1) is 0 Å². The van der Waals surface area contributed by atoms with E-state index in [4.69, 9.17) is 9.84 Å². The molecule has 4 heteroatoms. The molecule has 0 spiro atoms. The summed E-state index contributed by atoms with van der Waals surface area (Å²) in [6.07, 6.45) is 6.64. The zero-order valence-electron chi connectivity index (χ0n) is 13.6. The summed E-state index contributed by atoms with van der Waals surface area (Å²) in [5.41, 5.74) is 0.290. The van der Waals surface area contributed by atoms with Crippen LogP contribution in [0.4, 0.5) is 0 Å². The molecule has 1 saturated carbocycles. The minimum absolute atomic E-state index is 0.290. The SMILES string of the molecule is CC(C)N(CCOc1ccc(C(=O)O)cc1)C1CCCCC1. The minimum atomic E-state index is -0.908. The number of nitrogens with zero attached hydrogens (tertiary/aromatic N) is 1. The summed E-state index contributed by atoms with van der Waals surface area (Å²) in [4.78, 5) is 13.4. The van der Waals surface area contributed by atoms with Gasteiger partial charge in [0, 0.05) is 18.6 Å². The molecule has 0 aromatic heterocycles. The van der Waals surface area contributed by atoms with Crippen LogP contribution in [0.25, 0.3) is 0 Å². The van der Waals surface area contributed by atoms with Gasteiger partial charge in [0.05, 0.1) is 5.56 Å². The second-order valence-corrected chi connectivity index (χ2v) is 6.30. The molecule has 0 heterocycles. The topological polar surface area (TPSA) is 49.8 Å². The molecule has 2 rings (SSSR count). The molecule has 0 atom stereocenters. The predicted molar refractivity (Wildman–Crippen MR) is 87.6 cm³/mol. The number of ether oxygens (including phenoxy) is 1. The van der Waals surface area contributed by atoms with Crippen molar-refractivity contribution >= 4 is 5.97 Å². The van der Waals surface area contributed by atoms with E-state index in [9.17, 15) is 4.79 Å². The first-order chi connectivity index (χ1) is 10.6. The van der Waals surface area contributed by atoms with Gasteiger partial charge in [0.15, 0.2) is 0 Å². The molecule has 0 radical (unpaired) electrons. The Morgan fingerprint density at radius 3 is 2.41 bits per heavy atom. The van der Waals surface area contributed by atoms with Crippen LogP contribution in [0.3, 0.4) is 0 Å². The highest BCUT2D eigenvalue weighted by Gasteiger charge is 2.22. The largest absolute Gasteiger partial charge is 0.492 e. The Balaban J connectivity index is 1.83. The predicted octanol–water partition coefficient (Wildman–Crippen LogP) is 3.81. The molecule has 0 saturated heterocycles. The normalized spacial score (nSPS) is 16.2. The highest BCUT2D eigenvalue weighted by molar-refractivity contribution is 5.87. The Bertz CT molecular complexity index is 464. The molecule has 1 aliphatic rings. The summed E-state index contributed by atoms with van der Waals surface area (Å²) in [6, 6.07) is 7.83. The maximum absolute atomic E-state index is 10.8. The van der Waals surface area contributed by atoms with Gasteiger partial charge in [-0.05, 0) is 51.0 Å². The average Bonchev–Trinajstić information content (AvgIpc) is 2.52. The van der Waals surface area contributed by atoms with Gasteiger partial charge in [-0.2, -0.15) is 0 Å². The van der Waals surface area contributed by atoms with Crippen molar-refractivity contribution in [1.29, 1.82) is 0 Å². The van der Waals surface area contributed by atoms with Crippen LogP contribution in [0.1, 0.15) is 56.3 Å². The second-order valence-electron chi connectivity index (χ2n) is 6.30. The van der Waals surface area contributed by atoms with E-state index in [0.717, 1.165) is 12.3 Å². The Kier molecular flexibility index (Phi) is 6.25. The summed E-state index contributed by atoms with van der Waals surface area (Å²) >= 11 is 0. The van der Waals surface area contributed by atoms with E-state index < -0.39 is 5.97 Å². The Hall–Kier alpha value is -1.55. The first-order valence-corrected chi connectivity index (χ1v) is 8.30. The number of carboxylic acid groups (broad SMARTS) is 1. The van der Waals surface area contributed by atoms with Gasteiger partial charge in [-0.25, -0.2) is 4.79 Å². The zero-order valence-corrected chi connectivity index (χ0v) is 13.6. The van der Waals surface area contributed by atoms with Crippen LogP contribution in [0, 0.1) is 0 Å². The van der Waals surface area contributed by atoms with Gasteiger partial charge < -0.3 is 9.84 Å². The van der Waals surface area contributed by atoms with Crippen molar-refractivity contribution in [2.45, 2.75) is 58.0 Å². The molecule has 4 nitrogen and oxygen atoms in total. The second kappa shape index (κ2) is 8.18. The van der Waals surface area contributed by atoms with E-state index in [1.54, 1.807) is 24.3 Å². The first kappa shape index (κ1) is 16.8.